The third-order valence-corrected chi connectivity index (χ3v) is 0.982. The Morgan fingerprint density at radius 2 is 1.80 bits per heavy atom. The quantitative estimate of drug-likeness (QED) is 0.558. The highest BCUT2D eigenvalue weighted by Gasteiger charge is 2.46. The van der Waals surface area contributed by atoms with Crippen LogP contribution in [-0.2, 0) is 0 Å². The molecule has 0 saturated carbocycles. The molecule has 0 N–H and O–H groups in total. The average Bonchev–Trinajstić information content (AvgIpc) is 1.86. The zero-order valence-corrected chi connectivity index (χ0v) is 5.11. The first kappa shape index (κ1) is 9.21. The van der Waals surface area contributed by atoms with Gasteiger partial charge >= 0.3 is 5.92 Å². The van der Waals surface area contributed by atoms with Crippen LogP contribution in [0.2, 0.25) is 0 Å². The minimum Gasteiger partial charge on any atom is -0.241 e. The first-order chi connectivity index (χ1) is 4.42. The molecular formula is C5H5F4N. The van der Waals surface area contributed by atoms with E-state index in [9.17, 15) is 17.6 Å². The van der Waals surface area contributed by atoms with E-state index in [-0.39, 0.29) is 0 Å². The van der Waals surface area contributed by atoms with Crippen LogP contribution < -0.4 is 0 Å². The number of hydrogen-bond donors (Lipinski definition) is 0. The first-order valence-electron chi connectivity index (χ1n) is 2.48. The molecule has 0 fully saturated rings. The molecule has 0 aliphatic heterocycles. The molecular weight excluding hydrogens is 150 g/mol. The number of alkyl halides is 4. The second-order valence-corrected chi connectivity index (χ2v) is 1.78. The average molecular weight is 155 g/mol. The first-order valence-corrected chi connectivity index (χ1v) is 2.48. The van der Waals surface area contributed by atoms with Gasteiger partial charge in [0.2, 0.25) is 0 Å². The number of nitriles is 1. The highest BCUT2D eigenvalue weighted by atomic mass is 19.3. The van der Waals surface area contributed by atoms with Crippen molar-refractivity contribution in [3.8, 4) is 6.07 Å². The van der Waals surface area contributed by atoms with Gasteiger partial charge in [-0.3, -0.25) is 0 Å². The summed E-state index contributed by atoms with van der Waals surface area (Å²) in [5.74, 6) is -4.19. The van der Waals surface area contributed by atoms with E-state index in [1.807, 2.05) is 0 Å². The molecule has 0 bridgehead atoms. The minimum atomic E-state index is -4.19. The Morgan fingerprint density at radius 1 is 1.40 bits per heavy atom. The van der Waals surface area contributed by atoms with E-state index >= 15 is 0 Å². The molecule has 1 nitrogen and oxygen atoms in total. The second kappa shape index (κ2) is 2.86. The Labute approximate surface area is 55.3 Å². The van der Waals surface area contributed by atoms with Gasteiger partial charge in [0.15, 0.2) is 6.17 Å². The monoisotopic (exact) mass is 155 g/mol. The van der Waals surface area contributed by atoms with Gasteiger partial charge in [-0.15, -0.1) is 0 Å². The van der Waals surface area contributed by atoms with Gasteiger partial charge in [0.05, 0.1) is 0 Å². The molecule has 10 heavy (non-hydrogen) atoms. The molecule has 0 spiro atoms. The lowest BCUT2D eigenvalue weighted by Crippen LogP contribution is -2.37. The lowest BCUT2D eigenvalue weighted by molar-refractivity contribution is -0.104. The van der Waals surface area contributed by atoms with Crippen LogP contribution in [0.25, 0.3) is 0 Å². The maximum absolute atomic E-state index is 12.0. The van der Waals surface area contributed by atoms with Gasteiger partial charge in [0, 0.05) is 0 Å². The second-order valence-electron chi connectivity index (χ2n) is 1.78. The Morgan fingerprint density at radius 3 is 1.90 bits per heavy atom. The molecule has 0 aliphatic rings. The summed E-state index contributed by atoms with van der Waals surface area (Å²) in [4.78, 5) is 0. The van der Waals surface area contributed by atoms with Crippen LogP contribution in [0.15, 0.2) is 0 Å². The van der Waals surface area contributed by atoms with Crippen LogP contribution in [-0.4, -0.2) is 18.3 Å². The Bertz CT molecular complexity index is 148. The van der Waals surface area contributed by atoms with Gasteiger partial charge in [-0.25, -0.2) is 8.78 Å². The summed E-state index contributed by atoms with van der Waals surface area (Å²) in [5.41, 5.74) is 0. The summed E-state index contributed by atoms with van der Waals surface area (Å²) in [6.07, 6.45) is -5.70. The van der Waals surface area contributed by atoms with E-state index in [1.54, 1.807) is 0 Å². The summed E-state index contributed by atoms with van der Waals surface area (Å²) in [7, 11) is 0. The summed E-state index contributed by atoms with van der Waals surface area (Å²) < 4.78 is 47.5. The summed E-state index contributed by atoms with van der Waals surface area (Å²) >= 11 is 0. The smallest absolute Gasteiger partial charge is 0.241 e. The fraction of sp³-hybridized carbons (Fsp3) is 0.800. The zero-order chi connectivity index (χ0) is 8.36. The third-order valence-electron chi connectivity index (χ3n) is 0.982. The SMILES string of the molecule is CC(F)C(F)(F)C(F)C#N. The van der Waals surface area contributed by atoms with Crippen molar-refractivity contribution in [2.45, 2.75) is 25.2 Å². The maximum Gasteiger partial charge on any atom is 0.322 e. The summed E-state index contributed by atoms with van der Waals surface area (Å²) in [6.45, 7) is 0.504. The highest BCUT2D eigenvalue weighted by molar-refractivity contribution is 4.96. The van der Waals surface area contributed by atoms with E-state index in [1.165, 1.54) is 0 Å². The maximum atomic E-state index is 12.0. The topological polar surface area (TPSA) is 23.8 Å². The lowest BCUT2D eigenvalue weighted by atomic mass is 10.1. The molecule has 0 aromatic carbocycles. The van der Waals surface area contributed by atoms with Crippen molar-refractivity contribution in [2.24, 2.45) is 0 Å². The van der Waals surface area contributed by atoms with Crippen molar-refractivity contribution in [1.82, 2.24) is 0 Å². The Hall–Kier alpha value is -0.790. The van der Waals surface area contributed by atoms with Gasteiger partial charge in [-0.1, -0.05) is 0 Å². The van der Waals surface area contributed by atoms with Crippen LogP contribution in [0, 0.1) is 11.3 Å². The number of nitrogens with zero attached hydrogens (tertiary/aromatic N) is 1. The van der Waals surface area contributed by atoms with Crippen molar-refractivity contribution in [1.29, 1.82) is 5.26 Å². The molecule has 0 rings (SSSR count). The Kier molecular flexibility index (Phi) is 2.64. The van der Waals surface area contributed by atoms with Crippen molar-refractivity contribution in [3.63, 3.8) is 0 Å². The van der Waals surface area contributed by atoms with E-state index in [0.29, 0.717) is 13.0 Å². The van der Waals surface area contributed by atoms with Crippen LogP contribution in [0.4, 0.5) is 17.6 Å². The molecule has 0 saturated heterocycles. The molecule has 0 heterocycles. The molecule has 0 aromatic rings. The lowest BCUT2D eigenvalue weighted by Gasteiger charge is -2.16. The van der Waals surface area contributed by atoms with Crippen LogP contribution >= 0.6 is 0 Å². The van der Waals surface area contributed by atoms with Gasteiger partial charge in [-0.2, -0.15) is 14.0 Å². The van der Waals surface area contributed by atoms with Gasteiger partial charge in [0.25, 0.3) is 6.17 Å². The fourth-order valence-corrected chi connectivity index (χ4v) is 0.288. The molecule has 0 amide bonds. The molecule has 0 radical (unpaired) electrons. The fourth-order valence-electron chi connectivity index (χ4n) is 0.288. The summed E-state index contributed by atoms with van der Waals surface area (Å²) in [5, 5.41) is 7.65. The van der Waals surface area contributed by atoms with E-state index < -0.39 is 18.3 Å². The van der Waals surface area contributed by atoms with Gasteiger partial charge in [0.1, 0.15) is 6.07 Å². The molecule has 58 valence electrons. The van der Waals surface area contributed by atoms with E-state index in [2.05, 4.69) is 0 Å². The highest BCUT2D eigenvalue weighted by Crippen LogP contribution is 2.27. The van der Waals surface area contributed by atoms with Crippen molar-refractivity contribution in [3.05, 3.63) is 0 Å². The number of halogens is 4. The normalized spacial score (nSPS) is 17.6. The van der Waals surface area contributed by atoms with Crippen molar-refractivity contribution >= 4 is 0 Å². The van der Waals surface area contributed by atoms with E-state index in [0.717, 1.165) is 0 Å². The molecule has 2 atom stereocenters. The third kappa shape index (κ3) is 1.59. The largest absolute Gasteiger partial charge is 0.322 e. The molecule has 0 aliphatic carbocycles. The number of rotatable bonds is 2. The molecule has 5 heteroatoms. The van der Waals surface area contributed by atoms with Crippen LogP contribution in [0.1, 0.15) is 6.92 Å². The zero-order valence-electron chi connectivity index (χ0n) is 5.11. The van der Waals surface area contributed by atoms with Gasteiger partial charge in [-0.05, 0) is 6.92 Å². The van der Waals surface area contributed by atoms with Gasteiger partial charge < -0.3 is 0 Å². The predicted octanol–water partition coefficient (Wildman–Crippen LogP) is 1.84. The number of hydrogen-bond acceptors (Lipinski definition) is 1. The molecule has 0 aromatic heterocycles. The summed E-state index contributed by atoms with van der Waals surface area (Å²) in [6, 6.07) is 0.630. The Balaban J connectivity index is 4.27. The van der Waals surface area contributed by atoms with Crippen LogP contribution in [0.5, 0.6) is 0 Å². The van der Waals surface area contributed by atoms with Crippen LogP contribution in [0.3, 0.4) is 0 Å². The molecule has 2 unspecified atom stereocenters. The predicted molar refractivity (Wildman–Crippen MR) is 26.0 cm³/mol. The van der Waals surface area contributed by atoms with Crippen molar-refractivity contribution in [2.75, 3.05) is 0 Å². The van der Waals surface area contributed by atoms with Crippen molar-refractivity contribution < 1.29 is 17.6 Å². The van der Waals surface area contributed by atoms with E-state index in [4.69, 9.17) is 5.26 Å². The minimum absolute atomic E-state index is 0.504. The standard InChI is InChI=1S/C5H5F4N/c1-3(6)5(8,9)4(7)2-10/h3-4H,1H3.